The Morgan fingerprint density at radius 2 is 2.00 bits per heavy atom. The minimum atomic E-state index is -0.887. The number of carbonyl (C=O) groups excluding carboxylic acids is 3. The number of esters is 1. The van der Waals surface area contributed by atoms with E-state index in [0.29, 0.717) is 6.61 Å². The molecule has 0 aliphatic heterocycles. The lowest BCUT2D eigenvalue weighted by atomic mass is 10.1. The van der Waals surface area contributed by atoms with Gasteiger partial charge in [-0.05, 0) is 13.3 Å². The normalized spacial score (nSPS) is 11.6. The average Bonchev–Trinajstić information content (AvgIpc) is 2.30. The van der Waals surface area contributed by atoms with E-state index in [1.807, 2.05) is 0 Å². The second-order valence-electron chi connectivity index (χ2n) is 3.27. The summed E-state index contributed by atoms with van der Waals surface area (Å²) in [7, 11) is 1.25. The Balaban J connectivity index is 4.10. The van der Waals surface area contributed by atoms with Crippen LogP contribution in [-0.4, -0.2) is 44.1 Å². The first-order valence-corrected chi connectivity index (χ1v) is 5.24. The molecule has 0 saturated heterocycles. The van der Waals surface area contributed by atoms with Crippen molar-refractivity contribution in [2.24, 2.45) is 5.73 Å². The van der Waals surface area contributed by atoms with Gasteiger partial charge in [0.25, 0.3) is 0 Å². The lowest BCUT2D eigenvalue weighted by molar-refractivity contribution is -0.141. The van der Waals surface area contributed by atoms with Crippen LogP contribution in [0.5, 0.6) is 0 Å². The van der Waals surface area contributed by atoms with Gasteiger partial charge >= 0.3 is 5.97 Å². The van der Waals surface area contributed by atoms with Crippen LogP contribution in [0.25, 0.3) is 0 Å². The summed E-state index contributed by atoms with van der Waals surface area (Å²) in [5.74, 6) is -1.60. The lowest BCUT2D eigenvalue weighted by Crippen LogP contribution is -2.46. The molecule has 0 radical (unpaired) electrons. The van der Waals surface area contributed by atoms with Crippen molar-refractivity contribution in [1.29, 1.82) is 0 Å². The van der Waals surface area contributed by atoms with Gasteiger partial charge in [-0.1, -0.05) is 0 Å². The Morgan fingerprint density at radius 1 is 1.35 bits per heavy atom. The van der Waals surface area contributed by atoms with Gasteiger partial charge in [-0.2, -0.15) is 0 Å². The summed E-state index contributed by atoms with van der Waals surface area (Å²) in [6.45, 7) is 2.01. The Labute approximate surface area is 99.6 Å². The van der Waals surface area contributed by atoms with Crippen molar-refractivity contribution in [2.45, 2.75) is 25.8 Å². The van der Waals surface area contributed by atoms with E-state index in [0.717, 1.165) is 0 Å². The molecular weight excluding hydrogens is 228 g/mol. The van der Waals surface area contributed by atoms with Crippen molar-refractivity contribution in [3.63, 3.8) is 0 Å². The van der Waals surface area contributed by atoms with E-state index in [4.69, 9.17) is 10.5 Å². The molecule has 7 nitrogen and oxygen atoms in total. The number of rotatable bonds is 8. The number of amides is 2. The molecule has 0 aromatic heterocycles. The molecule has 2 amide bonds. The summed E-state index contributed by atoms with van der Waals surface area (Å²) in [5.41, 5.74) is 5.09. The fraction of sp³-hybridized carbons (Fsp3) is 0.700. The van der Waals surface area contributed by atoms with Gasteiger partial charge in [-0.25, -0.2) is 0 Å². The molecule has 1 atom stereocenters. The van der Waals surface area contributed by atoms with Gasteiger partial charge in [0.05, 0.1) is 7.11 Å². The lowest BCUT2D eigenvalue weighted by Gasteiger charge is -2.14. The monoisotopic (exact) mass is 246 g/mol. The Hall–Kier alpha value is -1.63. The second-order valence-corrected chi connectivity index (χ2v) is 3.27. The zero-order chi connectivity index (χ0) is 13.3. The molecule has 0 aromatic rings. The maximum Gasteiger partial charge on any atom is 0.305 e. The summed E-state index contributed by atoms with van der Waals surface area (Å²) < 4.78 is 9.29. The SMILES string of the molecule is CCOCC(=O)N[C@H](CCC(=O)OC)C(N)=O. The van der Waals surface area contributed by atoms with Gasteiger partial charge in [0.1, 0.15) is 12.6 Å². The Kier molecular flexibility index (Phi) is 7.70. The summed E-state index contributed by atoms with van der Waals surface area (Å²) >= 11 is 0. The Morgan fingerprint density at radius 3 is 2.47 bits per heavy atom. The van der Waals surface area contributed by atoms with Crippen molar-refractivity contribution in [3.8, 4) is 0 Å². The summed E-state index contributed by atoms with van der Waals surface area (Å²) in [6.07, 6.45) is 0.124. The van der Waals surface area contributed by atoms with E-state index in [2.05, 4.69) is 10.1 Å². The standard InChI is InChI=1S/C10H18N2O5/c1-3-17-6-8(13)12-7(10(11)15)4-5-9(14)16-2/h7H,3-6H2,1-2H3,(H2,11,15)(H,12,13)/t7-/m1/s1. The van der Waals surface area contributed by atoms with Crippen LogP contribution in [0.3, 0.4) is 0 Å². The summed E-state index contributed by atoms with van der Waals surface area (Å²) in [5, 5.41) is 2.38. The molecule has 0 heterocycles. The molecule has 0 aliphatic carbocycles. The fourth-order valence-corrected chi connectivity index (χ4v) is 1.08. The summed E-state index contributed by atoms with van der Waals surface area (Å²) in [6, 6.07) is -0.887. The van der Waals surface area contributed by atoms with Gasteiger partial charge in [0.2, 0.25) is 11.8 Å². The van der Waals surface area contributed by atoms with Crippen LogP contribution >= 0.6 is 0 Å². The highest BCUT2D eigenvalue weighted by Gasteiger charge is 2.19. The topological polar surface area (TPSA) is 108 Å². The van der Waals surface area contributed by atoms with E-state index in [9.17, 15) is 14.4 Å². The molecule has 7 heteroatoms. The predicted octanol–water partition coefficient (Wildman–Crippen LogP) is -1.05. The fourth-order valence-electron chi connectivity index (χ4n) is 1.08. The third-order valence-corrected chi connectivity index (χ3v) is 1.98. The molecule has 0 aliphatic rings. The molecule has 98 valence electrons. The van der Waals surface area contributed by atoms with Crippen LogP contribution in [-0.2, 0) is 23.9 Å². The number of nitrogens with two attached hydrogens (primary N) is 1. The molecule has 0 rings (SSSR count). The molecule has 0 aromatic carbocycles. The van der Waals surface area contributed by atoms with Gasteiger partial charge in [-0.3, -0.25) is 14.4 Å². The molecule has 0 unspecified atom stereocenters. The van der Waals surface area contributed by atoms with Crippen molar-refractivity contribution in [3.05, 3.63) is 0 Å². The zero-order valence-corrected chi connectivity index (χ0v) is 10.0. The van der Waals surface area contributed by atoms with Crippen molar-refractivity contribution < 1.29 is 23.9 Å². The molecule has 0 bridgehead atoms. The molecule has 0 spiro atoms. The smallest absolute Gasteiger partial charge is 0.305 e. The molecule has 0 saturated carbocycles. The third-order valence-electron chi connectivity index (χ3n) is 1.98. The van der Waals surface area contributed by atoms with E-state index in [1.54, 1.807) is 6.92 Å². The van der Waals surface area contributed by atoms with Crippen molar-refractivity contribution in [1.82, 2.24) is 5.32 Å². The highest BCUT2D eigenvalue weighted by Crippen LogP contribution is 1.98. The van der Waals surface area contributed by atoms with E-state index < -0.39 is 23.8 Å². The number of hydrogen-bond acceptors (Lipinski definition) is 5. The number of ether oxygens (including phenoxy) is 2. The van der Waals surface area contributed by atoms with E-state index in [-0.39, 0.29) is 19.4 Å². The zero-order valence-electron chi connectivity index (χ0n) is 10.0. The third kappa shape index (κ3) is 7.29. The van der Waals surface area contributed by atoms with E-state index >= 15 is 0 Å². The van der Waals surface area contributed by atoms with Crippen molar-refractivity contribution >= 4 is 17.8 Å². The highest BCUT2D eigenvalue weighted by atomic mass is 16.5. The highest BCUT2D eigenvalue weighted by molar-refractivity contribution is 5.87. The molecule has 0 fully saturated rings. The van der Waals surface area contributed by atoms with Crippen LogP contribution < -0.4 is 11.1 Å². The van der Waals surface area contributed by atoms with Crippen molar-refractivity contribution in [2.75, 3.05) is 20.3 Å². The van der Waals surface area contributed by atoms with Gasteiger partial charge in [0, 0.05) is 13.0 Å². The molecule has 17 heavy (non-hydrogen) atoms. The number of primary amides is 1. The minimum absolute atomic E-state index is 0.0129. The second kappa shape index (κ2) is 8.51. The maximum absolute atomic E-state index is 11.3. The Bertz CT molecular complexity index is 280. The number of methoxy groups -OCH3 is 1. The van der Waals surface area contributed by atoms with Gasteiger partial charge < -0.3 is 20.5 Å². The van der Waals surface area contributed by atoms with Gasteiger partial charge in [-0.15, -0.1) is 0 Å². The van der Waals surface area contributed by atoms with Gasteiger partial charge in [0.15, 0.2) is 0 Å². The van der Waals surface area contributed by atoms with Crippen LogP contribution in [0.2, 0.25) is 0 Å². The number of hydrogen-bond donors (Lipinski definition) is 2. The first kappa shape index (κ1) is 15.4. The maximum atomic E-state index is 11.3. The van der Waals surface area contributed by atoms with E-state index in [1.165, 1.54) is 7.11 Å². The first-order chi connectivity index (χ1) is 8.01. The average molecular weight is 246 g/mol. The number of carbonyl (C=O) groups is 3. The van der Waals surface area contributed by atoms with Crippen LogP contribution in [0.1, 0.15) is 19.8 Å². The van der Waals surface area contributed by atoms with Crippen LogP contribution in [0.4, 0.5) is 0 Å². The summed E-state index contributed by atoms with van der Waals surface area (Å²) in [4.78, 5) is 33.2. The van der Waals surface area contributed by atoms with Crippen LogP contribution in [0, 0.1) is 0 Å². The largest absolute Gasteiger partial charge is 0.469 e. The molecule has 3 N–H and O–H groups in total. The number of nitrogens with one attached hydrogen (secondary N) is 1. The molecular formula is C10H18N2O5. The van der Waals surface area contributed by atoms with Crippen LogP contribution in [0.15, 0.2) is 0 Å². The minimum Gasteiger partial charge on any atom is -0.469 e. The first-order valence-electron chi connectivity index (χ1n) is 5.24. The quantitative estimate of drug-likeness (QED) is 0.531. The predicted molar refractivity (Wildman–Crippen MR) is 58.9 cm³/mol.